The highest BCUT2D eigenvalue weighted by atomic mass is 16.5. The summed E-state index contributed by atoms with van der Waals surface area (Å²) in [5.41, 5.74) is 2.24. The zero-order chi connectivity index (χ0) is 8.27. The van der Waals surface area contributed by atoms with Gasteiger partial charge in [-0.3, -0.25) is 0 Å². The van der Waals surface area contributed by atoms with Crippen LogP contribution in [0.3, 0.4) is 0 Å². The van der Waals surface area contributed by atoms with E-state index in [1.165, 1.54) is 18.4 Å². The van der Waals surface area contributed by atoms with E-state index < -0.39 is 0 Å². The molecule has 62 valence electrons. The average Bonchev–Trinajstić information content (AvgIpc) is 2.31. The molecule has 1 aromatic heterocycles. The van der Waals surface area contributed by atoms with Crippen molar-refractivity contribution in [2.24, 2.45) is 0 Å². The predicted molar refractivity (Wildman–Crippen MR) is 44.6 cm³/mol. The summed E-state index contributed by atoms with van der Waals surface area (Å²) in [6.07, 6.45) is 3.43. The lowest BCUT2D eigenvalue weighted by Gasteiger charge is -1.93. The first-order valence-electron chi connectivity index (χ1n) is 4.17. The van der Waals surface area contributed by atoms with Gasteiger partial charge in [0.05, 0.1) is 5.69 Å². The third kappa shape index (κ3) is 1.82. The number of hydrogen-bond acceptors (Lipinski definition) is 2. The maximum absolute atomic E-state index is 5.15. The highest BCUT2D eigenvalue weighted by molar-refractivity contribution is 5.19. The Balaban J connectivity index is 2.63. The van der Waals surface area contributed by atoms with Crippen LogP contribution in [-0.2, 0) is 6.42 Å². The fraction of sp³-hybridized carbons (Fsp3) is 0.667. The third-order valence-electron chi connectivity index (χ3n) is 2.01. The van der Waals surface area contributed by atoms with E-state index in [9.17, 15) is 0 Å². The van der Waals surface area contributed by atoms with E-state index in [2.05, 4.69) is 19.0 Å². The molecule has 2 heteroatoms. The maximum atomic E-state index is 5.15. The molecule has 2 nitrogen and oxygen atoms in total. The van der Waals surface area contributed by atoms with Crippen molar-refractivity contribution in [3.8, 4) is 0 Å². The molecule has 0 amide bonds. The molecule has 0 saturated heterocycles. The normalized spacial score (nSPS) is 10.5. The molecule has 0 aliphatic heterocycles. The number of hydrogen-bond donors (Lipinski definition) is 0. The second-order valence-corrected chi connectivity index (χ2v) is 2.92. The summed E-state index contributed by atoms with van der Waals surface area (Å²) in [5, 5.41) is 3.89. The highest BCUT2D eigenvalue weighted by Gasteiger charge is 2.06. The molecule has 0 spiro atoms. The van der Waals surface area contributed by atoms with Gasteiger partial charge >= 0.3 is 0 Å². The Morgan fingerprint density at radius 3 is 2.55 bits per heavy atom. The second kappa shape index (κ2) is 3.56. The molecule has 0 bridgehead atoms. The Bertz CT molecular complexity index is 227. The van der Waals surface area contributed by atoms with Gasteiger partial charge < -0.3 is 4.52 Å². The maximum Gasteiger partial charge on any atom is 0.139 e. The van der Waals surface area contributed by atoms with E-state index in [4.69, 9.17) is 4.52 Å². The minimum Gasteiger partial charge on any atom is -0.361 e. The number of aryl methyl sites for hydroxylation is 2. The zero-order valence-electron chi connectivity index (χ0n) is 7.48. The minimum atomic E-state index is 1.02. The lowest BCUT2D eigenvalue weighted by atomic mass is 10.1. The molecule has 0 saturated carbocycles. The van der Waals surface area contributed by atoms with Crippen LogP contribution in [0, 0.1) is 13.8 Å². The second-order valence-electron chi connectivity index (χ2n) is 2.92. The summed E-state index contributed by atoms with van der Waals surface area (Å²) in [4.78, 5) is 0. The fourth-order valence-corrected chi connectivity index (χ4v) is 1.03. The molecular formula is C9H15NO. The fourth-order valence-electron chi connectivity index (χ4n) is 1.03. The van der Waals surface area contributed by atoms with Gasteiger partial charge in [0, 0.05) is 12.0 Å². The summed E-state index contributed by atoms with van der Waals surface area (Å²) in [7, 11) is 0. The van der Waals surface area contributed by atoms with Crippen molar-refractivity contribution < 1.29 is 4.52 Å². The van der Waals surface area contributed by atoms with Crippen LogP contribution < -0.4 is 0 Å². The van der Waals surface area contributed by atoms with Crippen LogP contribution in [0.2, 0.25) is 0 Å². The number of aromatic nitrogens is 1. The summed E-state index contributed by atoms with van der Waals surface area (Å²) in [6.45, 7) is 6.23. The highest BCUT2D eigenvalue weighted by Crippen LogP contribution is 2.13. The first-order valence-corrected chi connectivity index (χ1v) is 4.17. The molecule has 0 atom stereocenters. The summed E-state index contributed by atoms with van der Waals surface area (Å²) >= 11 is 0. The van der Waals surface area contributed by atoms with Crippen LogP contribution in [0.1, 0.15) is 36.8 Å². The van der Waals surface area contributed by atoms with Gasteiger partial charge in [-0.15, -0.1) is 0 Å². The molecule has 0 fully saturated rings. The van der Waals surface area contributed by atoms with E-state index in [1.807, 2.05) is 6.92 Å². The molecule has 1 aromatic rings. The number of nitrogens with zero attached hydrogens (tertiary/aromatic N) is 1. The van der Waals surface area contributed by atoms with Crippen LogP contribution >= 0.6 is 0 Å². The van der Waals surface area contributed by atoms with Crippen molar-refractivity contribution in [3.05, 3.63) is 17.0 Å². The van der Waals surface area contributed by atoms with Gasteiger partial charge in [0.2, 0.25) is 0 Å². The van der Waals surface area contributed by atoms with E-state index >= 15 is 0 Å². The quantitative estimate of drug-likeness (QED) is 0.667. The standard InChI is InChI=1S/C9H15NO/c1-4-5-6-9-7(2)8(3)10-11-9/h4-6H2,1-3H3. The van der Waals surface area contributed by atoms with Crippen LogP contribution in [0.5, 0.6) is 0 Å². The van der Waals surface area contributed by atoms with Gasteiger partial charge in [-0.05, 0) is 20.3 Å². The summed E-state index contributed by atoms with van der Waals surface area (Å²) < 4.78 is 5.15. The molecule has 0 aliphatic carbocycles. The monoisotopic (exact) mass is 153 g/mol. The van der Waals surface area contributed by atoms with Crippen molar-refractivity contribution in [2.45, 2.75) is 40.0 Å². The third-order valence-corrected chi connectivity index (χ3v) is 2.01. The van der Waals surface area contributed by atoms with E-state index in [0.29, 0.717) is 0 Å². The van der Waals surface area contributed by atoms with Gasteiger partial charge in [0.15, 0.2) is 0 Å². The Hall–Kier alpha value is -0.790. The lowest BCUT2D eigenvalue weighted by Crippen LogP contribution is -1.84. The first-order chi connectivity index (χ1) is 5.25. The van der Waals surface area contributed by atoms with Gasteiger partial charge in [-0.25, -0.2) is 0 Å². The Morgan fingerprint density at radius 1 is 1.36 bits per heavy atom. The summed E-state index contributed by atoms with van der Waals surface area (Å²) in [5.74, 6) is 1.06. The van der Waals surface area contributed by atoms with Crippen LogP contribution in [0.25, 0.3) is 0 Å². The van der Waals surface area contributed by atoms with Crippen LogP contribution in [0.15, 0.2) is 4.52 Å². The molecule has 0 aromatic carbocycles. The molecular weight excluding hydrogens is 138 g/mol. The Kier molecular flexibility index (Phi) is 2.69. The minimum absolute atomic E-state index is 1.02. The molecule has 11 heavy (non-hydrogen) atoms. The molecule has 1 rings (SSSR count). The Labute approximate surface area is 67.6 Å². The molecule has 1 heterocycles. The Morgan fingerprint density at radius 2 is 2.09 bits per heavy atom. The van der Waals surface area contributed by atoms with E-state index in [1.54, 1.807) is 0 Å². The summed E-state index contributed by atoms with van der Waals surface area (Å²) in [6, 6.07) is 0. The van der Waals surface area contributed by atoms with Gasteiger partial charge in [0.1, 0.15) is 5.76 Å². The number of unbranched alkanes of at least 4 members (excludes halogenated alkanes) is 1. The SMILES string of the molecule is CCCCc1onc(C)c1C. The zero-order valence-corrected chi connectivity index (χ0v) is 7.48. The smallest absolute Gasteiger partial charge is 0.139 e. The van der Waals surface area contributed by atoms with Crippen molar-refractivity contribution in [2.75, 3.05) is 0 Å². The van der Waals surface area contributed by atoms with Crippen molar-refractivity contribution in [1.29, 1.82) is 0 Å². The topological polar surface area (TPSA) is 26.0 Å². The van der Waals surface area contributed by atoms with E-state index in [0.717, 1.165) is 17.9 Å². The first kappa shape index (κ1) is 8.31. The van der Waals surface area contributed by atoms with Crippen molar-refractivity contribution >= 4 is 0 Å². The number of rotatable bonds is 3. The largest absolute Gasteiger partial charge is 0.361 e. The average molecular weight is 153 g/mol. The van der Waals surface area contributed by atoms with Crippen LogP contribution in [0.4, 0.5) is 0 Å². The van der Waals surface area contributed by atoms with Crippen LogP contribution in [-0.4, -0.2) is 5.16 Å². The molecule has 0 N–H and O–H groups in total. The van der Waals surface area contributed by atoms with Gasteiger partial charge in [-0.2, -0.15) is 0 Å². The predicted octanol–water partition coefficient (Wildman–Crippen LogP) is 2.63. The van der Waals surface area contributed by atoms with Crippen molar-refractivity contribution in [1.82, 2.24) is 5.16 Å². The molecule has 0 aliphatic rings. The van der Waals surface area contributed by atoms with Gasteiger partial charge in [0.25, 0.3) is 0 Å². The van der Waals surface area contributed by atoms with E-state index in [-0.39, 0.29) is 0 Å². The molecule has 0 unspecified atom stereocenters. The lowest BCUT2D eigenvalue weighted by molar-refractivity contribution is 0.376. The van der Waals surface area contributed by atoms with Crippen molar-refractivity contribution in [3.63, 3.8) is 0 Å². The molecule has 0 radical (unpaired) electrons. The van der Waals surface area contributed by atoms with Gasteiger partial charge in [-0.1, -0.05) is 18.5 Å².